The Morgan fingerprint density at radius 1 is 1.22 bits per heavy atom. The van der Waals surface area contributed by atoms with Crippen molar-refractivity contribution in [3.63, 3.8) is 0 Å². The fraction of sp³-hybridized carbons (Fsp3) is 0.125. The molecule has 2 aromatic carbocycles. The molecule has 0 aliphatic heterocycles. The number of thiocarbonyl (C=S) groups is 1. The number of carbonyl (C=O) groups excluding carboxylic acids is 1. The van der Waals surface area contributed by atoms with Crippen LogP contribution in [-0.2, 0) is 0 Å². The minimum absolute atomic E-state index is 0.152. The number of anilines is 1. The van der Waals surface area contributed by atoms with Crippen molar-refractivity contribution in [2.75, 3.05) is 18.4 Å². The predicted octanol–water partition coefficient (Wildman–Crippen LogP) is 2.40. The lowest BCUT2D eigenvalue weighted by Gasteiger charge is -2.20. The van der Waals surface area contributed by atoms with E-state index in [2.05, 4.69) is 5.32 Å². The number of carbonyl (C=O) groups is 1. The lowest BCUT2D eigenvalue weighted by molar-refractivity contribution is 0.103. The van der Waals surface area contributed by atoms with E-state index in [1.807, 2.05) is 6.07 Å². The van der Waals surface area contributed by atoms with Crippen molar-refractivity contribution in [2.45, 2.75) is 0 Å². The highest BCUT2D eigenvalue weighted by Crippen LogP contribution is 2.24. The first-order chi connectivity index (χ1) is 11.0. The van der Waals surface area contributed by atoms with Crippen molar-refractivity contribution in [3.05, 3.63) is 64.7 Å². The highest BCUT2D eigenvalue weighted by Gasteiger charge is 2.16. The second kappa shape index (κ2) is 8.03. The molecule has 7 heteroatoms. The summed E-state index contributed by atoms with van der Waals surface area (Å²) in [6.07, 6.45) is 0. The van der Waals surface area contributed by atoms with Crippen molar-refractivity contribution in [3.8, 4) is 0 Å². The number of halogens is 1. The van der Waals surface area contributed by atoms with Gasteiger partial charge in [-0.05, 0) is 30.4 Å². The van der Waals surface area contributed by atoms with Crippen LogP contribution in [0.3, 0.4) is 0 Å². The van der Waals surface area contributed by atoms with Gasteiger partial charge in [-0.15, -0.1) is 0 Å². The Balaban J connectivity index is 2.31. The molecule has 5 N–H and O–H groups in total. The monoisotopic (exact) mass is 348 g/mol. The van der Waals surface area contributed by atoms with E-state index >= 15 is 0 Å². The molecule has 0 aliphatic carbocycles. The van der Waals surface area contributed by atoms with Crippen molar-refractivity contribution >= 4 is 40.4 Å². The van der Waals surface area contributed by atoms with Crippen LogP contribution in [0.25, 0.3) is 0 Å². The normalized spacial score (nSPS) is 10.2. The predicted molar refractivity (Wildman–Crippen MR) is 97.5 cm³/mol. The zero-order valence-electron chi connectivity index (χ0n) is 12.3. The van der Waals surface area contributed by atoms with Crippen LogP contribution >= 0.6 is 23.8 Å². The summed E-state index contributed by atoms with van der Waals surface area (Å²) in [6.45, 7) is 0.774. The molecule has 0 saturated heterocycles. The van der Waals surface area contributed by atoms with E-state index in [4.69, 9.17) is 35.4 Å². The van der Waals surface area contributed by atoms with Crippen molar-refractivity contribution < 1.29 is 4.79 Å². The molecular formula is C16H17ClN4OS. The minimum Gasteiger partial charge on any atom is -0.331 e. The molecule has 0 amide bonds. The maximum absolute atomic E-state index is 12.7. The van der Waals surface area contributed by atoms with Crippen LogP contribution in [0, 0.1) is 0 Å². The van der Waals surface area contributed by atoms with Crippen LogP contribution < -0.4 is 16.9 Å². The van der Waals surface area contributed by atoms with Crippen molar-refractivity contribution in [1.82, 2.24) is 5.01 Å². The van der Waals surface area contributed by atoms with Gasteiger partial charge in [0.25, 0.3) is 0 Å². The zero-order valence-corrected chi connectivity index (χ0v) is 13.9. The molecule has 0 heterocycles. The molecule has 5 nitrogen and oxygen atoms in total. The number of nitrogens with zero attached hydrogens (tertiary/aromatic N) is 1. The number of hydrogen-bond donors (Lipinski definition) is 3. The van der Waals surface area contributed by atoms with Gasteiger partial charge in [-0.3, -0.25) is 9.80 Å². The third-order valence-corrected chi connectivity index (χ3v) is 3.71. The molecule has 120 valence electrons. The Labute approximate surface area is 145 Å². The molecule has 2 rings (SSSR count). The molecule has 0 unspecified atom stereocenters. The van der Waals surface area contributed by atoms with Crippen molar-refractivity contribution in [1.29, 1.82) is 0 Å². The third kappa shape index (κ3) is 4.49. The van der Waals surface area contributed by atoms with E-state index in [-0.39, 0.29) is 10.9 Å². The standard InChI is InChI=1S/C16H17ClN4OS/c17-12-6-7-14(20-16(23)21(19)9-8-18)13(10-12)15(22)11-4-2-1-3-5-11/h1-7,10H,8-9,18-19H2,(H,20,23). The van der Waals surface area contributed by atoms with Gasteiger partial charge in [0.2, 0.25) is 0 Å². The molecule has 0 bridgehead atoms. The summed E-state index contributed by atoms with van der Waals surface area (Å²) in [5.41, 5.74) is 6.98. The number of nitrogens with two attached hydrogens (primary N) is 2. The minimum atomic E-state index is -0.152. The lowest BCUT2D eigenvalue weighted by Crippen LogP contribution is -2.43. The highest BCUT2D eigenvalue weighted by molar-refractivity contribution is 7.80. The van der Waals surface area contributed by atoms with Crippen LogP contribution in [0.4, 0.5) is 5.69 Å². The molecule has 0 atom stereocenters. The molecule has 0 aromatic heterocycles. The van der Waals surface area contributed by atoms with Crippen LogP contribution in [-0.4, -0.2) is 29.0 Å². The summed E-state index contributed by atoms with van der Waals surface area (Å²) in [6, 6.07) is 13.9. The van der Waals surface area contributed by atoms with Crippen LogP contribution in [0.5, 0.6) is 0 Å². The lowest BCUT2D eigenvalue weighted by atomic mass is 10.0. The molecule has 0 saturated carbocycles. The van der Waals surface area contributed by atoms with Gasteiger partial charge in [0.1, 0.15) is 0 Å². The Kier molecular flexibility index (Phi) is 6.06. The number of hydrogen-bond acceptors (Lipinski definition) is 4. The average Bonchev–Trinajstić information content (AvgIpc) is 2.56. The quantitative estimate of drug-likeness (QED) is 0.333. The van der Waals surface area contributed by atoms with Gasteiger partial charge in [-0.1, -0.05) is 41.9 Å². The summed E-state index contributed by atoms with van der Waals surface area (Å²) < 4.78 is 0. The first kappa shape index (κ1) is 17.4. The van der Waals surface area contributed by atoms with E-state index in [9.17, 15) is 4.79 Å². The molecule has 0 radical (unpaired) electrons. The second-order valence-corrected chi connectivity index (χ2v) is 5.62. The average molecular weight is 349 g/mol. The fourth-order valence-electron chi connectivity index (χ4n) is 1.99. The van der Waals surface area contributed by atoms with Gasteiger partial charge in [0, 0.05) is 29.2 Å². The fourth-order valence-corrected chi connectivity index (χ4v) is 2.36. The van der Waals surface area contributed by atoms with E-state index in [0.29, 0.717) is 34.9 Å². The van der Waals surface area contributed by atoms with Crippen LogP contribution in [0.2, 0.25) is 5.02 Å². The maximum Gasteiger partial charge on any atom is 0.195 e. The van der Waals surface area contributed by atoms with Gasteiger partial charge >= 0.3 is 0 Å². The number of benzene rings is 2. The second-order valence-electron chi connectivity index (χ2n) is 4.80. The summed E-state index contributed by atoms with van der Waals surface area (Å²) in [5.74, 6) is 5.63. The van der Waals surface area contributed by atoms with E-state index in [1.54, 1.807) is 42.5 Å². The SMILES string of the molecule is NCCN(N)C(=S)Nc1ccc(Cl)cc1C(=O)c1ccccc1. The number of ketones is 1. The molecule has 2 aromatic rings. The van der Waals surface area contributed by atoms with E-state index in [1.165, 1.54) is 5.01 Å². The van der Waals surface area contributed by atoms with Gasteiger partial charge in [-0.2, -0.15) is 0 Å². The molecular weight excluding hydrogens is 332 g/mol. The maximum atomic E-state index is 12.7. The van der Waals surface area contributed by atoms with E-state index < -0.39 is 0 Å². The summed E-state index contributed by atoms with van der Waals surface area (Å²) in [7, 11) is 0. The van der Waals surface area contributed by atoms with Gasteiger partial charge in [-0.25, -0.2) is 5.84 Å². The summed E-state index contributed by atoms with van der Waals surface area (Å²) in [4.78, 5) is 12.7. The van der Waals surface area contributed by atoms with Crippen molar-refractivity contribution in [2.24, 2.45) is 11.6 Å². The highest BCUT2D eigenvalue weighted by atomic mass is 35.5. The molecule has 0 fully saturated rings. The Morgan fingerprint density at radius 2 is 1.91 bits per heavy atom. The summed E-state index contributed by atoms with van der Waals surface area (Å²) >= 11 is 11.2. The first-order valence-electron chi connectivity index (χ1n) is 6.95. The number of nitrogens with one attached hydrogen (secondary N) is 1. The van der Waals surface area contributed by atoms with Gasteiger partial charge in [0.05, 0.1) is 5.69 Å². The zero-order chi connectivity index (χ0) is 16.8. The van der Waals surface area contributed by atoms with E-state index in [0.717, 1.165) is 0 Å². The van der Waals surface area contributed by atoms with Crippen LogP contribution in [0.1, 0.15) is 15.9 Å². The number of hydrazine groups is 1. The largest absolute Gasteiger partial charge is 0.331 e. The molecule has 0 aliphatic rings. The van der Waals surface area contributed by atoms with Gasteiger partial charge < -0.3 is 11.1 Å². The molecule has 0 spiro atoms. The Bertz CT molecular complexity index is 708. The third-order valence-electron chi connectivity index (χ3n) is 3.13. The smallest absolute Gasteiger partial charge is 0.195 e. The Morgan fingerprint density at radius 3 is 2.57 bits per heavy atom. The Hall–Kier alpha value is -1.99. The van der Waals surface area contributed by atoms with Crippen LogP contribution in [0.15, 0.2) is 48.5 Å². The number of rotatable bonds is 5. The molecule has 23 heavy (non-hydrogen) atoms. The first-order valence-corrected chi connectivity index (χ1v) is 7.74. The topological polar surface area (TPSA) is 84.4 Å². The van der Waals surface area contributed by atoms with Gasteiger partial charge in [0.15, 0.2) is 10.9 Å². The summed E-state index contributed by atoms with van der Waals surface area (Å²) in [5, 5.41) is 5.03.